The highest BCUT2D eigenvalue weighted by Crippen LogP contribution is 2.05. The third-order valence-corrected chi connectivity index (χ3v) is 1.89. The summed E-state index contributed by atoms with van der Waals surface area (Å²) in [6.07, 6.45) is 4.66. The van der Waals surface area contributed by atoms with Gasteiger partial charge in [0.05, 0.1) is 25.3 Å². The van der Waals surface area contributed by atoms with Gasteiger partial charge in [-0.15, -0.1) is 5.10 Å². The molecule has 0 aromatic carbocycles. The molecule has 0 N–H and O–H groups in total. The summed E-state index contributed by atoms with van der Waals surface area (Å²) in [6, 6.07) is 1.82. The highest BCUT2D eigenvalue weighted by atomic mass is 16.3. The molecule has 2 aromatic rings. The predicted molar refractivity (Wildman–Crippen MR) is 47.8 cm³/mol. The second-order valence-electron chi connectivity index (χ2n) is 2.96. The molecule has 0 amide bonds. The summed E-state index contributed by atoms with van der Waals surface area (Å²) in [5.74, 6) is -0.0431. The predicted octanol–water partition coefficient (Wildman–Crippen LogP) is 1.12. The summed E-state index contributed by atoms with van der Waals surface area (Å²) in [5.41, 5.74) is 1.46. The average molecular weight is 191 g/mol. The molecule has 2 rings (SSSR count). The van der Waals surface area contributed by atoms with Crippen LogP contribution in [0.5, 0.6) is 0 Å². The molecule has 0 saturated carbocycles. The average Bonchev–Trinajstić information content (AvgIpc) is 2.75. The Morgan fingerprint density at radius 1 is 1.64 bits per heavy atom. The number of hydrogen-bond acceptors (Lipinski definition) is 4. The first-order chi connectivity index (χ1) is 6.77. The Labute approximate surface area is 80.3 Å². The van der Waals surface area contributed by atoms with Crippen LogP contribution in [0.3, 0.4) is 0 Å². The van der Waals surface area contributed by atoms with Gasteiger partial charge in [0.1, 0.15) is 5.69 Å². The molecule has 5 heteroatoms. The van der Waals surface area contributed by atoms with Gasteiger partial charge in [0, 0.05) is 12.5 Å². The van der Waals surface area contributed by atoms with Gasteiger partial charge in [-0.2, -0.15) is 0 Å². The van der Waals surface area contributed by atoms with Gasteiger partial charge >= 0.3 is 0 Å². The maximum atomic E-state index is 11.1. The van der Waals surface area contributed by atoms with E-state index in [0.717, 1.165) is 5.56 Å². The summed E-state index contributed by atoms with van der Waals surface area (Å²) in [4.78, 5) is 11.1. The maximum Gasteiger partial charge on any atom is 0.179 e. The minimum Gasteiger partial charge on any atom is -0.472 e. The number of furan rings is 1. The van der Waals surface area contributed by atoms with Gasteiger partial charge in [-0.3, -0.25) is 4.79 Å². The van der Waals surface area contributed by atoms with Crippen molar-refractivity contribution in [2.24, 2.45) is 0 Å². The van der Waals surface area contributed by atoms with Crippen LogP contribution in [0.4, 0.5) is 0 Å². The largest absolute Gasteiger partial charge is 0.472 e. The van der Waals surface area contributed by atoms with Crippen LogP contribution >= 0.6 is 0 Å². The smallest absolute Gasteiger partial charge is 0.179 e. The van der Waals surface area contributed by atoms with Crippen molar-refractivity contribution in [3.63, 3.8) is 0 Å². The molecule has 0 aliphatic rings. The van der Waals surface area contributed by atoms with Crippen LogP contribution in [0.15, 0.2) is 29.2 Å². The zero-order valence-electron chi connectivity index (χ0n) is 7.67. The molecule has 0 aliphatic heterocycles. The summed E-state index contributed by atoms with van der Waals surface area (Å²) >= 11 is 0. The second kappa shape index (κ2) is 3.45. The van der Waals surface area contributed by atoms with E-state index in [1.54, 1.807) is 17.2 Å². The van der Waals surface area contributed by atoms with Crippen molar-refractivity contribution < 1.29 is 9.21 Å². The van der Waals surface area contributed by atoms with E-state index in [4.69, 9.17) is 4.42 Å². The highest BCUT2D eigenvalue weighted by molar-refractivity contribution is 5.91. The molecule has 2 heterocycles. The van der Waals surface area contributed by atoms with Gasteiger partial charge in [-0.25, -0.2) is 4.68 Å². The molecule has 0 fully saturated rings. The lowest BCUT2D eigenvalue weighted by molar-refractivity contribution is 0.100. The molecule has 2 aromatic heterocycles. The number of carbonyl (C=O) groups is 1. The molecule has 5 nitrogen and oxygen atoms in total. The molecule has 0 aliphatic carbocycles. The first-order valence-corrected chi connectivity index (χ1v) is 4.18. The Morgan fingerprint density at radius 2 is 2.50 bits per heavy atom. The molecule has 0 unspecified atom stereocenters. The van der Waals surface area contributed by atoms with E-state index >= 15 is 0 Å². The van der Waals surface area contributed by atoms with Gasteiger partial charge in [-0.05, 0) is 6.07 Å². The van der Waals surface area contributed by atoms with Crippen LogP contribution in [-0.2, 0) is 6.54 Å². The zero-order valence-corrected chi connectivity index (χ0v) is 7.67. The fraction of sp³-hybridized carbons (Fsp3) is 0.222. The highest BCUT2D eigenvalue weighted by Gasteiger charge is 2.08. The van der Waals surface area contributed by atoms with Crippen LogP contribution in [-0.4, -0.2) is 20.8 Å². The van der Waals surface area contributed by atoms with Gasteiger partial charge in [-0.1, -0.05) is 5.21 Å². The van der Waals surface area contributed by atoms with E-state index in [9.17, 15) is 4.79 Å². The third-order valence-electron chi connectivity index (χ3n) is 1.89. The topological polar surface area (TPSA) is 60.9 Å². The fourth-order valence-electron chi connectivity index (χ4n) is 1.20. The SMILES string of the molecule is CC(=O)c1cnnn1Cc1ccoc1. The maximum absolute atomic E-state index is 11.1. The quantitative estimate of drug-likeness (QED) is 0.682. The minimum atomic E-state index is -0.0431. The molecular weight excluding hydrogens is 182 g/mol. The van der Waals surface area contributed by atoms with Crippen molar-refractivity contribution in [1.29, 1.82) is 0 Å². The van der Waals surface area contributed by atoms with Crippen LogP contribution in [0.1, 0.15) is 23.0 Å². The van der Waals surface area contributed by atoms with Crippen molar-refractivity contribution in [3.05, 3.63) is 36.0 Å². The van der Waals surface area contributed by atoms with E-state index in [1.807, 2.05) is 6.07 Å². The van der Waals surface area contributed by atoms with Crippen LogP contribution in [0.25, 0.3) is 0 Å². The number of ketones is 1. The standard InChI is InChI=1S/C9H9N3O2/c1-7(13)9-4-10-11-12(9)5-8-2-3-14-6-8/h2-4,6H,5H2,1H3. The van der Waals surface area contributed by atoms with Crippen LogP contribution in [0.2, 0.25) is 0 Å². The lowest BCUT2D eigenvalue weighted by Gasteiger charge is -2.00. The molecule has 0 bridgehead atoms. The molecule has 0 radical (unpaired) electrons. The Bertz CT molecular complexity index is 431. The lowest BCUT2D eigenvalue weighted by atomic mass is 10.3. The molecular formula is C9H9N3O2. The Kier molecular flexibility index (Phi) is 2.14. The number of Topliss-reactive ketones (excluding diaryl/α,β-unsaturated/α-hetero) is 1. The summed E-state index contributed by atoms with van der Waals surface area (Å²) in [6.45, 7) is 2.00. The summed E-state index contributed by atoms with van der Waals surface area (Å²) in [5, 5.41) is 7.50. The first-order valence-electron chi connectivity index (χ1n) is 4.18. The first kappa shape index (κ1) is 8.68. The van der Waals surface area contributed by atoms with Crippen LogP contribution < -0.4 is 0 Å². The van der Waals surface area contributed by atoms with Crippen molar-refractivity contribution in [2.45, 2.75) is 13.5 Å². The van der Waals surface area contributed by atoms with Crippen molar-refractivity contribution in [3.8, 4) is 0 Å². The number of hydrogen-bond donors (Lipinski definition) is 0. The molecule has 72 valence electrons. The van der Waals surface area contributed by atoms with Crippen molar-refractivity contribution >= 4 is 5.78 Å². The van der Waals surface area contributed by atoms with Gasteiger partial charge in [0.15, 0.2) is 5.78 Å². The van der Waals surface area contributed by atoms with E-state index in [2.05, 4.69) is 10.3 Å². The molecule has 14 heavy (non-hydrogen) atoms. The Hall–Kier alpha value is -1.91. The van der Waals surface area contributed by atoms with Crippen LogP contribution in [0, 0.1) is 0 Å². The zero-order chi connectivity index (χ0) is 9.97. The van der Waals surface area contributed by atoms with Crippen molar-refractivity contribution in [2.75, 3.05) is 0 Å². The number of nitrogens with zero attached hydrogens (tertiary/aromatic N) is 3. The fourth-order valence-corrected chi connectivity index (χ4v) is 1.20. The minimum absolute atomic E-state index is 0.0431. The summed E-state index contributed by atoms with van der Waals surface area (Å²) < 4.78 is 6.47. The summed E-state index contributed by atoms with van der Waals surface area (Å²) in [7, 11) is 0. The lowest BCUT2D eigenvalue weighted by Crippen LogP contribution is -2.08. The van der Waals surface area contributed by atoms with E-state index in [-0.39, 0.29) is 5.78 Å². The van der Waals surface area contributed by atoms with E-state index in [1.165, 1.54) is 13.1 Å². The Balaban J connectivity index is 2.25. The van der Waals surface area contributed by atoms with Gasteiger partial charge in [0.25, 0.3) is 0 Å². The van der Waals surface area contributed by atoms with E-state index < -0.39 is 0 Å². The van der Waals surface area contributed by atoms with Crippen molar-refractivity contribution in [1.82, 2.24) is 15.0 Å². The second-order valence-corrected chi connectivity index (χ2v) is 2.96. The molecule has 0 saturated heterocycles. The van der Waals surface area contributed by atoms with E-state index in [0.29, 0.717) is 12.2 Å². The Morgan fingerprint density at radius 3 is 3.14 bits per heavy atom. The number of aromatic nitrogens is 3. The normalized spacial score (nSPS) is 10.4. The third kappa shape index (κ3) is 1.56. The monoisotopic (exact) mass is 191 g/mol. The van der Waals surface area contributed by atoms with Gasteiger partial charge < -0.3 is 4.42 Å². The number of rotatable bonds is 3. The molecule has 0 spiro atoms. The molecule has 0 atom stereocenters. The van der Waals surface area contributed by atoms with Gasteiger partial charge in [0.2, 0.25) is 0 Å². The number of carbonyl (C=O) groups excluding carboxylic acids is 1.